The number of fused-ring (bicyclic) bond motifs is 2. The van der Waals surface area contributed by atoms with Gasteiger partial charge in [0.1, 0.15) is 33.3 Å². The number of aromatic nitrogens is 4. The number of hydrogen-bond donors (Lipinski definition) is 0. The minimum absolute atomic E-state index is 0.130. The standard InChI is InChI=1S/C17H13Cl3N2O3.C17H15ClN2O3.Cl2O2S/c1-22-10-5-13(18)21-7-8(10)4-9(17(22)23)14-15(19)11(24-2)6-12(25-3)16(14)20;1-20-15-8-16(18)19-9-11(15)6-14(17(20)21)10-4-12(22-2)7-13(5-10)23-3;1-5(2,3)4/h4-7H,1-3H3;4-9H,1-3H3;. The van der Waals surface area contributed by atoms with Crippen LogP contribution < -0.4 is 30.1 Å². The Kier molecular flexibility index (Phi) is 13.8. The van der Waals surface area contributed by atoms with E-state index >= 15 is 0 Å². The van der Waals surface area contributed by atoms with Gasteiger partial charge in [-0.2, -0.15) is 8.42 Å². The van der Waals surface area contributed by atoms with Crippen LogP contribution in [0.25, 0.3) is 44.1 Å². The Morgan fingerprint density at radius 1 is 0.585 bits per heavy atom. The summed E-state index contributed by atoms with van der Waals surface area (Å²) in [5.41, 5.74) is 2.89. The molecule has 0 amide bonds. The molecule has 4 aromatic heterocycles. The van der Waals surface area contributed by atoms with E-state index in [1.807, 2.05) is 0 Å². The first-order valence-electron chi connectivity index (χ1n) is 14.7. The van der Waals surface area contributed by atoms with E-state index in [4.69, 9.17) is 73.8 Å². The Labute approximate surface area is 332 Å². The van der Waals surface area contributed by atoms with Crippen molar-refractivity contribution in [2.24, 2.45) is 14.1 Å². The van der Waals surface area contributed by atoms with Gasteiger partial charge < -0.3 is 28.1 Å². The maximum atomic E-state index is 12.9. The molecular weight excluding hydrogens is 837 g/mol. The van der Waals surface area contributed by atoms with E-state index in [0.29, 0.717) is 55.5 Å². The van der Waals surface area contributed by atoms with Crippen LogP contribution in [0.5, 0.6) is 23.0 Å². The average Bonchev–Trinajstić information content (AvgIpc) is 3.11. The third kappa shape index (κ3) is 9.78. The topological polar surface area (TPSA) is 141 Å². The van der Waals surface area contributed by atoms with Crippen LogP contribution in [0.3, 0.4) is 0 Å². The van der Waals surface area contributed by atoms with E-state index in [1.165, 1.54) is 18.8 Å². The van der Waals surface area contributed by atoms with Crippen LogP contribution in [0.4, 0.5) is 0 Å². The molecule has 0 bridgehead atoms. The van der Waals surface area contributed by atoms with E-state index in [1.54, 1.807) is 93.8 Å². The Balaban J connectivity index is 0.000000211. The number of aryl methyl sites for hydroxylation is 2. The van der Waals surface area contributed by atoms with E-state index in [2.05, 4.69) is 31.3 Å². The van der Waals surface area contributed by atoms with Crippen LogP contribution in [0.15, 0.2) is 70.5 Å². The molecule has 0 aliphatic rings. The predicted octanol–water partition coefficient (Wildman–Crippen LogP) is 8.56. The van der Waals surface area contributed by atoms with Crippen molar-refractivity contribution in [1.29, 1.82) is 0 Å². The lowest BCUT2D eigenvalue weighted by Crippen LogP contribution is -2.19. The van der Waals surface area contributed by atoms with Crippen molar-refractivity contribution in [2.75, 3.05) is 28.4 Å². The molecule has 0 fully saturated rings. The van der Waals surface area contributed by atoms with Gasteiger partial charge in [0.2, 0.25) is 0 Å². The zero-order valence-electron chi connectivity index (χ0n) is 28.5. The van der Waals surface area contributed by atoms with Crippen LogP contribution in [0.2, 0.25) is 20.4 Å². The zero-order chi connectivity index (χ0) is 39.4. The highest BCUT2D eigenvalue weighted by molar-refractivity contribution is 8.31. The second-order valence-corrected chi connectivity index (χ2v) is 15.9. The molecule has 0 unspecified atom stereocenters. The summed E-state index contributed by atoms with van der Waals surface area (Å²) in [5.74, 6) is 1.95. The fourth-order valence-corrected chi connectivity index (χ4v) is 6.16. The molecule has 53 heavy (non-hydrogen) atoms. The largest absolute Gasteiger partial charge is 0.497 e. The molecule has 2 aromatic carbocycles. The number of methoxy groups -OCH3 is 4. The van der Waals surface area contributed by atoms with Gasteiger partial charge in [-0.05, 0) is 42.0 Å². The van der Waals surface area contributed by atoms with Gasteiger partial charge in [0.05, 0.1) is 55.1 Å². The van der Waals surface area contributed by atoms with Gasteiger partial charge in [0, 0.05) is 81.9 Å². The summed E-state index contributed by atoms with van der Waals surface area (Å²) in [5, 5.41) is 2.65. The second-order valence-electron chi connectivity index (χ2n) is 10.7. The molecule has 0 N–H and O–H groups in total. The summed E-state index contributed by atoms with van der Waals surface area (Å²) in [4.78, 5) is 33.8. The molecule has 19 heteroatoms. The van der Waals surface area contributed by atoms with Gasteiger partial charge >= 0.3 is 8.26 Å². The zero-order valence-corrected chi connectivity index (χ0v) is 33.9. The summed E-state index contributed by atoms with van der Waals surface area (Å²) in [6.07, 6.45) is 3.23. The van der Waals surface area contributed by atoms with Crippen molar-refractivity contribution >= 4 is 97.8 Å². The van der Waals surface area contributed by atoms with Gasteiger partial charge in [0.15, 0.2) is 0 Å². The third-order valence-corrected chi connectivity index (χ3v) is 8.82. The van der Waals surface area contributed by atoms with E-state index in [0.717, 1.165) is 21.9 Å². The lowest BCUT2D eigenvalue weighted by Gasteiger charge is -2.16. The first kappa shape index (κ1) is 41.8. The summed E-state index contributed by atoms with van der Waals surface area (Å²) < 4.78 is 42.4. The lowest BCUT2D eigenvalue weighted by atomic mass is 10.0. The molecule has 12 nitrogen and oxygen atoms in total. The molecule has 0 saturated carbocycles. The molecule has 6 rings (SSSR count). The maximum absolute atomic E-state index is 12.9. The molecule has 0 aliphatic heterocycles. The highest BCUT2D eigenvalue weighted by atomic mass is 36.0. The van der Waals surface area contributed by atoms with Crippen molar-refractivity contribution in [3.8, 4) is 45.3 Å². The second kappa shape index (κ2) is 17.5. The van der Waals surface area contributed by atoms with Gasteiger partial charge in [-0.1, -0.05) is 46.4 Å². The van der Waals surface area contributed by atoms with Crippen molar-refractivity contribution in [1.82, 2.24) is 19.1 Å². The lowest BCUT2D eigenvalue weighted by molar-refractivity contribution is 0.394. The summed E-state index contributed by atoms with van der Waals surface area (Å²) in [7, 11) is 14.3. The third-order valence-electron chi connectivity index (χ3n) is 7.66. The van der Waals surface area contributed by atoms with E-state index in [9.17, 15) is 9.59 Å². The number of benzene rings is 2. The van der Waals surface area contributed by atoms with Crippen LogP contribution in [-0.4, -0.2) is 56.0 Å². The van der Waals surface area contributed by atoms with Gasteiger partial charge in [-0.3, -0.25) is 9.59 Å². The maximum Gasteiger partial charge on any atom is 0.317 e. The van der Waals surface area contributed by atoms with Crippen molar-refractivity contribution in [3.63, 3.8) is 0 Å². The SMILES string of the molecule is COc1cc(OC)c(Cl)c(-c2cc3cnc(Cl)cc3n(C)c2=O)c1Cl.COc1cc(OC)cc(-c2cc3cnc(Cl)cc3n(C)c2=O)c1.O=S(=O)(Cl)Cl. The summed E-state index contributed by atoms with van der Waals surface area (Å²) >= 11 is 24.7. The Morgan fingerprint density at radius 2 is 0.981 bits per heavy atom. The monoisotopic (exact) mass is 862 g/mol. The summed E-state index contributed by atoms with van der Waals surface area (Å²) in [6, 6.07) is 13.7. The number of halogens is 6. The highest BCUT2D eigenvalue weighted by Crippen LogP contribution is 2.45. The number of hydrogen-bond acceptors (Lipinski definition) is 10. The minimum Gasteiger partial charge on any atom is -0.497 e. The van der Waals surface area contributed by atoms with E-state index in [-0.39, 0.29) is 21.2 Å². The van der Waals surface area contributed by atoms with Gasteiger partial charge in [-0.15, -0.1) is 0 Å². The summed E-state index contributed by atoms with van der Waals surface area (Å²) in [6.45, 7) is 0. The number of ether oxygens (including phenoxy) is 4. The van der Waals surface area contributed by atoms with Crippen molar-refractivity contribution in [2.45, 2.75) is 0 Å². The van der Waals surface area contributed by atoms with Crippen LogP contribution in [-0.2, 0) is 22.4 Å². The quantitative estimate of drug-likeness (QED) is 0.118. The molecular formula is C34H28Cl6N4O8S. The fourth-order valence-electron chi connectivity index (χ4n) is 5.15. The van der Waals surface area contributed by atoms with Gasteiger partial charge in [0.25, 0.3) is 11.1 Å². The number of pyridine rings is 4. The molecule has 280 valence electrons. The first-order chi connectivity index (χ1) is 24.9. The first-order valence-corrected chi connectivity index (χ1v) is 19.4. The molecule has 0 saturated heterocycles. The number of rotatable bonds is 6. The average molecular weight is 865 g/mol. The van der Waals surface area contributed by atoms with Crippen molar-refractivity contribution < 1.29 is 27.4 Å². The van der Waals surface area contributed by atoms with Gasteiger partial charge in [-0.25, -0.2) is 9.97 Å². The van der Waals surface area contributed by atoms with Crippen molar-refractivity contribution in [3.05, 3.63) is 102 Å². The molecule has 0 radical (unpaired) electrons. The van der Waals surface area contributed by atoms with Crippen LogP contribution >= 0.6 is 67.8 Å². The molecule has 0 spiro atoms. The number of nitrogens with zero attached hydrogens (tertiary/aromatic N) is 4. The normalized spacial score (nSPS) is 10.9. The predicted molar refractivity (Wildman–Crippen MR) is 212 cm³/mol. The van der Waals surface area contributed by atoms with Crippen LogP contribution in [0.1, 0.15) is 0 Å². The minimum atomic E-state index is -3.72. The Hall–Kier alpha value is -3.95. The Bertz CT molecular complexity index is 2520. The van der Waals surface area contributed by atoms with E-state index < -0.39 is 8.26 Å². The molecule has 0 aliphatic carbocycles. The molecule has 6 aromatic rings. The smallest absolute Gasteiger partial charge is 0.317 e. The molecule has 0 atom stereocenters. The van der Waals surface area contributed by atoms with Crippen LogP contribution in [0, 0.1) is 0 Å². The molecule has 4 heterocycles. The Morgan fingerprint density at radius 3 is 1.38 bits per heavy atom. The highest BCUT2D eigenvalue weighted by Gasteiger charge is 2.22. The fraction of sp³-hybridized carbons (Fsp3) is 0.176.